The van der Waals surface area contributed by atoms with Crippen LogP contribution in [0.15, 0.2) is 79.0 Å². The highest BCUT2D eigenvalue weighted by atomic mass is 19.1. The zero-order valence-corrected chi connectivity index (χ0v) is 15.0. The summed E-state index contributed by atoms with van der Waals surface area (Å²) in [6.07, 6.45) is 1.67. The van der Waals surface area contributed by atoms with Gasteiger partial charge in [-0.25, -0.2) is 9.07 Å². The van der Waals surface area contributed by atoms with Gasteiger partial charge in [-0.1, -0.05) is 36.4 Å². The minimum Gasteiger partial charge on any atom is -0.258 e. The lowest BCUT2D eigenvalue weighted by molar-refractivity contribution is -0.384. The maximum absolute atomic E-state index is 13.7. The molecular formula is C22H13FN4O2. The summed E-state index contributed by atoms with van der Waals surface area (Å²) in [6.45, 7) is 0. The number of non-ortho nitro benzene ring substituents is 1. The molecule has 29 heavy (non-hydrogen) atoms. The van der Waals surface area contributed by atoms with Gasteiger partial charge >= 0.3 is 0 Å². The number of nitro groups is 1. The van der Waals surface area contributed by atoms with E-state index in [4.69, 9.17) is 5.10 Å². The summed E-state index contributed by atoms with van der Waals surface area (Å²) in [5.74, 6) is -0.381. The van der Waals surface area contributed by atoms with Crippen molar-refractivity contribution in [2.45, 2.75) is 0 Å². The normalized spacial score (nSPS) is 11.2. The molecule has 2 heterocycles. The summed E-state index contributed by atoms with van der Waals surface area (Å²) in [6, 6.07) is 20.3. The molecule has 0 N–H and O–H groups in total. The van der Waals surface area contributed by atoms with Crippen molar-refractivity contribution in [2.75, 3.05) is 0 Å². The van der Waals surface area contributed by atoms with Crippen molar-refractivity contribution >= 4 is 27.5 Å². The van der Waals surface area contributed by atoms with E-state index in [2.05, 4.69) is 4.98 Å². The Bertz CT molecular complexity index is 1400. The van der Waals surface area contributed by atoms with E-state index in [1.54, 1.807) is 29.1 Å². The molecule has 5 rings (SSSR count). The number of pyridine rings is 1. The third-order valence-electron chi connectivity index (χ3n) is 4.80. The molecule has 0 aliphatic heterocycles. The first-order valence-electron chi connectivity index (χ1n) is 8.89. The third kappa shape index (κ3) is 2.80. The molecule has 0 amide bonds. The molecule has 6 nitrogen and oxygen atoms in total. The smallest absolute Gasteiger partial charge is 0.258 e. The lowest BCUT2D eigenvalue weighted by atomic mass is 10.1. The van der Waals surface area contributed by atoms with Gasteiger partial charge in [0.25, 0.3) is 5.69 Å². The lowest BCUT2D eigenvalue weighted by Crippen LogP contribution is -1.99. The van der Waals surface area contributed by atoms with E-state index in [0.717, 1.165) is 10.9 Å². The number of nitrogens with zero attached hydrogens (tertiary/aromatic N) is 4. The molecule has 7 heteroatoms. The maximum Gasteiger partial charge on any atom is 0.271 e. The molecule has 0 radical (unpaired) electrons. The van der Waals surface area contributed by atoms with E-state index in [1.807, 2.05) is 30.3 Å². The van der Waals surface area contributed by atoms with Crippen molar-refractivity contribution in [3.05, 3.63) is 94.9 Å². The van der Waals surface area contributed by atoms with Crippen LogP contribution in [0.4, 0.5) is 10.1 Å². The largest absolute Gasteiger partial charge is 0.271 e. The Kier molecular flexibility index (Phi) is 3.80. The molecule has 3 aromatic carbocycles. The summed E-state index contributed by atoms with van der Waals surface area (Å²) in [4.78, 5) is 15.2. The van der Waals surface area contributed by atoms with Gasteiger partial charge in [-0.3, -0.25) is 15.1 Å². The quantitative estimate of drug-likeness (QED) is 0.313. The van der Waals surface area contributed by atoms with Crippen LogP contribution in [-0.4, -0.2) is 19.7 Å². The first kappa shape index (κ1) is 17.0. The molecule has 0 aliphatic carbocycles. The van der Waals surface area contributed by atoms with Crippen LogP contribution in [0.25, 0.3) is 38.8 Å². The molecule has 0 aliphatic rings. The van der Waals surface area contributed by atoms with Crippen LogP contribution in [-0.2, 0) is 0 Å². The zero-order chi connectivity index (χ0) is 20.0. The van der Waals surface area contributed by atoms with Crippen molar-refractivity contribution in [1.82, 2.24) is 14.8 Å². The van der Waals surface area contributed by atoms with E-state index in [1.165, 1.54) is 24.3 Å². The highest BCUT2D eigenvalue weighted by Gasteiger charge is 2.18. The van der Waals surface area contributed by atoms with Crippen LogP contribution in [0.5, 0.6) is 0 Å². The second kappa shape index (κ2) is 6.49. The molecule has 2 aromatic heterocycles. The SMILES string of the molecule is O=[N+]([O-])c1cccc(-n2nc(-c3ccccc3)c3cnc4cc(F)ccc4c32)c1. The van der Waals surface area contributed by atoms with Gasteiger partial charge in [0.1, 0.15) is 11.5 Å². The number of halogens is 1. The van der Waals surface area contributed by atoms with Crippen molar-refractivity contribution in [3.63, 3.8) is 0 Å². The van der Waals surface area contributed by atoms with Crippen molar-refractivity contribution in [2.24, 2.45) is 0 Å². The van der Waals surface area contributed by atoms with E-state index in [-0.39, 0.29) is 11.5 Å². The van der Waals surface area contributed by atoms with Gasteiger partial charge in [-0.05, 0) is 18.2 Å². The van der Waals surface area contributed by atoms with Crippen LogP contribution in [0.2, 0.25) is 0 Å². The number of fused-ring (bicyclic) bond motifs is 3. The third-order valence-corrected chi connectivity index (χ3v) is 4.80. The number of nitro benzene ring substituents is 1. The van der Waals surface area contributed by atoms with Gasteiger partial charge in [-0.2, -0.15) is 5.10 Å². The van der Waals surface area contributed by atoms with Crippen LogP contribution in [0, 0.1) is 15.9 Å². The van der Waals surface area contributed by atoms with Gasteiger partial charge in [0.05, 0.1) is 21.6 Å². The van der Waals surface area contributed by atoms with Crippen molar-refractivity contribution in [1.29, 1.82) is 0 Å². The van der Waals surface area contributed by atoms with Crippen LogP contribution < -0.4 is 0 Å². The van der Waals surface area contributed by atoms with Gasteiger partial charge in [0, 0.05) is 40.7 Å². The first-order chi connectivity index (χ1) is 14.1. The minimum atomic E-state index is -0.442. The summed E-state index contributed by atoms with van der Waals surface area (Å²) in [5, 5.41) is 17.5. The lowest BCUT2D eigenvalue weighted by Gasteiger charge is -2.06. The highest BCUT2D eigenvalue weighted by molar-refractivity contribution is 6.08. The Morgan fingerprint density at radius 1 is 0.931 bits per heavy atom. The molecule has 0 saturated carbocycles. The Labute approximate surface area is 164 Å². The van der Waals surface area contributed by atoms with Crippen LogP contribution >= 0.6 is 0 Å². The predicted octanol–water partition coefficient (Wildman–Crippen LogP) is 5.29. The average molecular weight is 384 g/mol. The Morgan fingerprint density at radius 3 is 2.55 bits per heavy atom. The fourth-order valence-electron chi connectivity index (χ4n) is 3.49. The van der Waals surface area contributed by atoms with Crippen LogP contribution in [0.1, 0.15) is 0 Å². The standard InChI is InChI=1S/C22H13FN4O2/c23-15-9-10-18-20(11-15)24-13-19-21(14-5-2-1-3-6-14)25-26(22(18)19)16-7-4-8-17(12-16)27(28)29/h1-13H. The fraction of sp³-hybridized carbons (Fsp3) is 0. The Morgan fingerprint density at radius 2 is 1.76 bits per heavy atom. The maximum atomic E-state index is 13.7. The molecule has 0 saturated heterocycles. The fourth-order valence-corrected chi connectivity index (χ4v) is 3.49. The summed E-state index contributed by atoms with van der Waals surface area (Å²) in [5.41, 5.74) is 3.31. The van der Waals surface area contributed by atoms with Crippen molar-refractivity contribution < 1.29 is 9.31 Å². The molecule has 0 spiro atoms. The Hall–Kier alpha value is -4.13. The summed E-state index contributed by atoms with van der Waals surface area (Å²) < 4.78 is 15.4. The molecule has 0 fully saturated rings. The van der Waals surface area contributed by atoms with E-state index in [0.29, 0.717) is 27.8 Å². The second-order valence-electron chi connectivity index (χ2n) is 6.59. The Balaban J connectivity index is 1.89. The highest BCUT2D eigenvalue weighted by Crippen LogP contribution is 2.34. The number of aromatic nitrogens is 3. The van der Waals surface area contributed by atoms with E-state index >= 15 is 0 Å². The summed E-state index contributed by atoms with van der Waals surface area (Å²) in [7, 11) is 0. The molecule has 0 atom stereocenters. The zero-order valence-electron chi connectivity index (χ0n) is 15.0. The predicted molar refractivity (Wildman–Crippen MR) is 108 cm³/mol. The molecule has 140 valence electrons. The second-order valence-corrected chi connectivity index (χ2v) is 6.59. The average Bonchev–Trinajstić information content (AvgIpc) is 3.14. The van der Waals surface area contributed by atoms with Gasteiger partial charge in [-0.15, -0.1) is 0 Å². The molecule has 5 aromatic rings. The van der Waals surface area contributed by atoms with E-state index in [9.17, 15) is 14.5 Å². The van der Waals surface area contributed by atoms with Gasteiger partial charge < -0.3 is 0 Å². The topological polar surface area (TPSA) is 73.8 Å². The first-order valence-corrected chi connectivity index (χ1v) is 8.89. The minimum absolute atomic E-state index is 0.0307. The van der Waals surface area contributed by atoms with Gasteiger partial charge in [0.15, 0.2) is 0 Å². The molecular weight excluding hydrogens is 371 g/mol. The molecule has 0 unspecified atom stereocenters. The number of benzene rings is 3. The molecule has 0 bridgehead atoms. The number of hydrogen-bond acceptors (Lipinski definition) is 4. The number of hydrogen-bond donors (Lipinski definition) is 0. The van der Waals surface area contributed by atoms with E-state index < -0.39 is 4.92 Å². The van der Waals surface area contributed by atoms with Gasteiger partial charge in [0.2, 0.25) is 0 Å². The number of rotatable bonds is 3. The monoisotopic (exact) mass is 384 g/mol. The van der Waals surface area contributed by atoms with Crippen LogP contribution in [0.3, 0.4) is 0 Å². The van der Waals surface area contributed by atoms with Crippen molar-refractivity contribution in [3.8, 4) is 16.9 Å². The summed E-state index contributed by atoms with van der Waals surface area (Å²) >= 11 is 0.